The molecule has 0 aliphatic rings. The predicted octanol–water partition coefficient (Wildman–Crippen LogP) is 5.02. The fourth-order valence-electron chi connectivity index (χ4n) is 4.51. The van der Waals surface area contributed by atoms with Gasteiger partial charge < -0.3 is 15.0 Å². The lowest BCUT2D eigenvalue weighted by atomic mass is 10.0. The van der Waals surface area contributed by atoms with Crippen LogP contribution in [-0.2, 0) is 16.4 Å². The fraction of sp³-hybridized carbons (Fsp3) is 0.107. The van der Waals surface area contributed by atoms with Crippen LogP contribution < -0.4 is 10.5 Å². The maximum absolute atomic E-state index is 12.3. The van der Waals surface area contributed by atoms with Crippen LogP contribution in [0.25, 0.3) is 32.9 Å². The third-order valence-corrected chi connectivity index (χ3v) is 7.40. The van der Waals surface area contributed by atoms with Gasteiger partial charge in [0.15, 0.2) is 9.84 Å². The van der Waals surface area contributed by atoms with E-state index in [4.69, 9.17) is 10.5 Å². The average molecular weight is 485 g/mol. The van der Waals surface area contributed by atoms with Crippen molar-refractivity contribution in [3.05, 3.63) is 96.1 Å². The number of sulfone groups is 1. The molecule has 0 unspecified atom stereocenters. The molecule has 2 N–H and O–H groups in total. The molecule has 1 amide bonds. The molecule has 1 heterocycles. The molecule has 0 aliphatic carbocycles. The van der Waals surface area contributed by atoms with Gasteiger partial charge in [-0.25, -0.2) is 8.42 Å². The number of benzene rings is 4. The van der Waals surface area contributed by atoms with E-state index in [9.17, 15) is 13.2 Å². The standard InChI is InChI=1S/C28H24N2O4S/c1-34-21-11-8-19(9-12-21)20-10-15-23-26(16-20)30(25-5-3-4-24(27(23)25)28(29)31)17-18-6-13-22(14-7-18)35(2,32)33/h3-16H,17H2,1-2H3,(H2,29,31). The number of hydrogen-bond acceptors (Lipinski definition) is 4. The topological polar surface area (TPSA) is 91.4 Å². The SMILES string of the molecule is COc1ccc(-c2ccc3c4c(C(N)=O)cccc4n(Cc4ccc(S(C)(=O)=O)cc4)c3c2)cc1. The lowest BCUT2D eigenvalue weighted by Crippen LogP contribution is -2.11. The molecule has 5 rings (SSSR count). The first-order valence-electron chi connectivity index (χ1n) is 11.0. The third-order valence-electron chi connectivity index (χ3n) is 6.27. The van der Waals surface area contributed by atoms with Crippen molar-refractivity contribution < 1.29 is 17.9 Å². The van der Waals surface area contributed by atoms with Gasteiger partial charge in [0.1, 0.15) is 5.75 Å². The van der Waals surface area contributed by atoms with Crippen molar-refractivity contribution >= 4 is 37.6 Å². The van der Waals surface area contributed by atoms with Crippen LogP contribution >= 0.6 is 0 Å². The van der Waals surface area contributed by atoms with Crippen LogP contribution in [0.15, 0.2) is 89.8 Å². The number of carbonyl (C=O) groups excluding carboxylic acids is 1. The maximum atomic E-state index is 12.3. The number of methoxy groups -OCH3 is 1. The van der Waals surface area contributed by atoms with Crippen LogP contribution in [0.5, 0.6) is 5.75 Å². The summed E-state index contributed by atoms with van der Waals surface area (Å²) in [5.41, 5.74) is 11.0. The second kappa shape index (κ2) is 8.60. The number of ether oxygens (including phenoxy) is 1. The summed E-state index contributed by atoms with van der Waals surface area (Å²) in [6.07, 6.45) is 1.20. The zero-order valence-corrected chi connectivity index (χ0v) is 20.2. The maximum Gasteiger partial charge on any atom is 0.249 e. The average Bonchev–Trinajstić information content (AvgIpc) is 3.16. The number of hydrogen-bond donors (Lipinski definition) is 1. The number of amides is 1. The van der Waals surface area contributed by atoms with Crippen molar-refractivity contribution in [2.75, 3.05) is 13.4 Å². The van der Waals surface area contributed by atoms with E-state index in [0.717, 1.165) is 44.2 Å². The highest BCUT2D eigenvalue weighted by molar-refractivity contribution is 7.90. The van der Waals surface area contributed by atoms with Crippen molar-refractivity contribution in [3.63, 3.8) is 0 Å². The Labute approximate surface area is 203 Å². The van der Waals surface area contributed by atoms with Gasteiger partial charge in [-0.15, -0.1) is 0 Å². The second-order valence-electron chi connectivity index (χ2n) is 8.53. The van der Waals surface area contributed by atoms with Gasteiger partial charge in [-0.3, -0.25) is 4.79 Å². The summed E-state index contributed by atoms with van der Waals surface area (Å²) >= 11 is 0. The van der Waals surface area contributed by atoms with E-state index in [0.29, 0.717) is 12.1 Å². The quantitative estimate of drug-likeness (QED) is 0.366. The first-order chi connectivity index (χ1) is 16.8. The molecule has 0 bridgehead atoms. The summed E-state index contributed by atoms with van der Waals surface area (Å²) in [7, 11) is -1.64. The van der Waals surface area contributed by atoms with Crippen LogP contribution in [0.1, 0.15) is 15.9 Å². The molecule has 0 spiro atoms. The molecule has 1 aromatic heterocycles. The Hall–Kier alpha value is -4.10. The number of carbonyl (C=O) groups is 1. The van der Waals surface area contributed by atoms with Crippen molar-refractivity contribution in [2.45, 2.75) is 11.4 Å². The Bertz CT molecular complexity index is 1680. The number of nitrogens with two attached hydrogens (primary N) is 1. The summed E-state index contributed by atoms with van der Waals surface area (Å²) < 4.78 is 31.2. The Morgan fingerprint density at radius 1 is 0.886 bits per heavy atom. The normalized spacial score (nSPS) is 11.7. The monoisotopic (exact) mass is 484 g/mol. The van der Waals surface area contributed by atoms with Gasteiger partial charge in [-0.2, -0.15) is 0 Å². The van der Waals surface area contributed by atoms with Crippen LogP contribution in [0.4, 0.5) is 0 Å². The highest BCUT2D eigenvalue weighted by Crippen LogP contribution is 2.35. The zero-order chi connectivity index (χ0) is 24.7. The van der Waals surface area contributed by atoms with E-state index in [1.54, 1.807) is 25.3 Å². The summed E-state index contributed by atoms with van der Waals surface area (Å²) in [5.74, 6) is 0.305. The van der Waals surface area contributed by atoms with E-state index in [-0.39, 0.29) is 4.90 Å². The van der Waals surface area contributed by atoms with Gasteiger partial charge in [-0.05, 0) is 59.2 Å². The molecule has 0 atom stereocenters. The highest BCUT2D eigenvalue weighted by Gasteiger charge is 2.17. The molecule has 0 aliphatic heterocycles. The zero-order valence-electron chi connectivity index (χ0n) is 19.4. The van der Waals surface area contributed by atoms with E-state index in [2.05, 4.69) is 10.6 Å². The molecule has 6 nitrogen and oxygen atoms in total. The van der Waals surface area contributed by atoms with Crippen LogP contribution in [0.2, 0.25) is 0 Å². The molecule has 0 radical (unpaired) electrons. The van der Waals surface area contributed by atoms with Gasteiger partial charge in [0, 0.05) is 29.1 Å². The van der Waals surface area contributed by atoms with E-state index < -0.39 is 15.7 Å². The Balaban J connectivity index is 1.71. The number of nitrogens with zero attached hydrogens (tertiary/aromatic N) is 1. The van der Waals surface area contributed by atoms with Gasteiger partial charge in [0.05, 0.1) is 23.0 Å². The molecule has 7 heteroatoms. The molecule has 4 aromatic carbocycles. The van der Waals surface area contributed by atoms with Gasteiger partial charge in [0.2, 0.25) is 5.91 Å². The van der Waals surface area contributed by atoms with Gasteiger partial charge >= 0.3 is 0 Å². The molecule has 0 fully saturated rings. The minimum atomic E-state index is -3.27. The fourth-order valence-corrected chi connectivity index (χ4v) is 5.14. The summed E-state index contributed by atoms with van der Waals surface area (Å²) in [4.78, 5) is 12.5. The lowest BCUT2D eigenvalue weighted by molar-refractivity contribution is 0.100. The third kappa shape index (κ3) is 4.15. The number of aromatic nitrogens is 1. The summed E-state index contributed by atoms with van der Waals surface area (Å²) in [6, 6.07) is 26.4. The predicted molar refractivity (Wildman–Crippen MR) is 139 cm³/mol. The number of fused-ring (bicyclic) bond motifs is 3. The first-order valence-corrected chi connectivity index (χ1v) is 12.9. The Morgan fingerprint density at radius 3 is 2.20 bits per heavy atom. The molecule has 35 heavy (non-hydrogen) atoms. The molecular weight excluding hydrogens is 460 g/mol. The van der Waals surface area contributed by atoms with Crippen molar-refractivity contribution in [2.24, 2.45) is 5.73 Å². The summed E-state index contributed by atoms with van der Waals surface area (Å²) in [6.45, 7) is 0.498. The molecule has 5 aromatic rings. The Kier molecular flexibility index (Phi) is 5.57. The minimum absolute atomic E-state index is 0.279. The van der Waals surface area contributed by atoms with Gasteiger partial charge in [0.25, 0.3) is 0 Å². The van der Waals surface area contributed by atoms with E-state index in [1.807, 2.05) is 60.7 Å². The summed E-state index contributed by atoms with van der Waals surface area (Å²) in [5, 5.41) is 1.74. The van der Waals surface area contributed by atoms with Gasteiger partial charge in [-0.1, -0.05) is 42.5 Å². The molecule has 176 valence electrons. The van der Waals surface area contributed by atoms with E-state index in [1.165, 1.54) is 6.26 Å². The molecular formula is C28H24N2O4S. The van der Waals surface area contributed by atoms with Crippen molar-refractivity contribution in [3.8, 4) is 16.9 Å². The highest BCUT2D eigenvalue weighted by atomic mass is 32.2. The van der Waals surface area contributed by atoms with Crippen LogP contribution in [-0.4, -0.2) is 32.3 Å². The largest absolute Gasteiger partial charge is 0.497 e. The molecule has 0 saturated carbocycles. The Morgan fingerprint density at radius 2 is 1.57 bits per heavy atom. The van der Waals surface area contributed by atoms with Crippen LogP contribution in [0, 0.1) is 0 Å². The van der Waals surface area contributed by atoms with Crippen molar-refractivity contribution in [1.82, 2.24) is 4.57 Å². The smallest absolute Gasteiger partial charge is 0.249 e. The first kappa shape index (κ1) is 22.7. The lowest BCUT2D eigenvalue weighted by Gasteiger charge is -2.10. The number of primary amides is 1. The number of rotatable bonds is 6. The van der Waals surface area contributed by atoms with E-state index >= 15 is 0 Å². The molecule has 0 saturated heterocycles. The minimum Gasteiger partial charge on any atom is -0.497 e. The van der Waals surface area contributed by atoms with Crippen LogP contribution in [0.3, 0.4) is 0 Å². The second-order valence-corrected chi connectivity index (χ2v) is 10.5. The van der Waals surface area contributed by atoms with Crippen molar-refractivity contribution in [1.29, 1.82) is 0 Å².